The van der Waals surface area contributed by atoms with Crippen LogP contribution in [0.15, 0.2) is 54.6 Å². The molecule has 38 heavy (non-hydrogen) atoms. The number of hydrogen-bond donors (Lipinski definition) is 0. The SMILES string of the molecule is O=C1C=CC(=O)N1CC1CC2CC1C1C3CC(C=C3c3cccc(C4CC5CC4C4C6C=CC(C6)C54)c3)C21. The maximum absolute atomic E-state index is 12.3. The van der Waals surface area contributed by atoms with Crippen molar-refractivity contribution in [1.82, 2.24) is 4.90 Å². The van der Waals surface area contributed by atoms with Gasteiger partial charge in [0.25, 0.3) is 11.8 Å². The monoisotopic (exact) mass is 503 g/mol. The second-order valence-corrected chi connectivity index (χ2v) is 14.8. The Balaban J connectivity index is 0.916. The fourth-order valence-corrected chi connectivity index (χ4v) is 13.0. The molecule has 1 aromatic rings. The Labute approximate surface area is 225 Å². The molecule has 8 aliphatic carbocycles. The molecule has 0 aromatic heterocycles. The number of imide groups is 1. The lowest BCUT2D eigenvalue weighted by atomic mass is 9.66. The van der Waals surface area contributed by atoms with Crippen molar-refractivity contribution in [2.45, 2.75) is 44.4 Å². The minimum Gasteiger partial charge on any atom is -0.275 e. The van der Waals surface area contributed by atoms with E-state index in [-0.39, 0.29) is 11.8 Å². The summed E-state index contributed by atoms with van der Waals surface area (Å²) in [5.41, 5.74) is 4.78. The topological polar surface area (TPSA) is 37.4 Å². The molecule has 9 aliphatic rings. The molecule has 8 bridgehead atoms. The fraction of sp³-hybridized carbons (Fsp3) is 0.600. The Morgan fingerprint density at radius 2 is 1.47 bits per heavy atom. The van der Waals surface area contributed by atoms with E-state index in [1.165, 1.54) is 61.1 Å². The molecule has 14 atom stereocenters. The average molecular weight is 504 g/mol. The number of fused-ring (bicyclic) bond motifs is 18. The van der Waals surface area contributed by atoms with E-state index in [4.69, 9.17) is 0 Å². The number of benzene rings is 1. The molecule has 1 heterocycles. The van der Waals surface area contributed by atoms with Crippen LogP contribution in [0.25, 0.3) is 5.57 Å². The van der Waals surface area contributed by atoms with Gasteiger partial charge in [0.1, 0.15) is 0 Å². The van der Waals surface area contributed by atoms with E-state index >= 15 is 0 Å². The predicted molar refractivity (Wildman–Crippen MR) is 145 cm³/mol. The third kappa shape index (κ3) is 2.58. The number of rotatable bonds is 4. The summed E-state index contributed by atoms with van der Waals surface area (Å²) < 4.78 is 0. The van der Waals surface area contributed by atoms with E-state index in [0.717, 1.165) is 65.1 Å². The van der Waals surface area contributed by atoms with E-state index in [0.29, 0.717) is 24.3 Å². The Bertz CT molecular complexity index is 1350. The zero-order valence-electron chi connectivity index (χ0n) is 22.0. The second kappa shape index (κ2) is 7.20. The molecule has 3 heteroatoms. The van der Waals surface area contributed by atoms with Gasteiger partial charge >= 0.3 is 0 Å². The lowest BCUT2D eigenvalue weighted by Crippen LogP contribution is -2.40. The summed E-state index contributed by atoms with van der Waals surface area (Å²) in [5, 5.41) is 0. The van der Waals surface area contributed by atoms with Crippen molar-refractivity contribution in [1.29, 1.82) is 0 Å². The number of hydrogen-bond acceptors (Lipinski definition) is 2. The van der Waals surface area contributed by atoms with Crippen LogP contribution in [0.1, 0.15) is 55.6 Å². The van der Waals surface area contributed by atoms with Crippen LogP contribution in [-0.4, -0.2) is 23.3 Å². The van der Waals surface area contributed by atoms with Gasteiger partial charge in [-0.3, -0.25) is 14.5 Å². The van der Waals surface area contributed by atoms with Crippen LogP contribution in [0.3, 0.4) is 0 Å². The van der Waals surface area contributed by atoms with Gasteiger partial charge in [-0.25, -0.2) is 0 Å². The first-order valence-corrected chi connectivity index (χ1v) is 15.7. The molecule has 0 saturated heterocycles. The summed E-state index contributed by atoms with van der Waals surface area (Å²) in [6.07, 6.45) is 19.0. The summed E-state index contributed by atoms with van der Waals surface area (Å²) >= 11 is 0. The number of nitrogens with zero attached hydrogens (tertiary/aromatic N) is 1. The van der Waals surface area contributed by atoms with Gasteiger partial charge < -0.3 is 0 Å². The zero-order chi connectivity index (χ0) is 24.9. The maximum atomic E-state index is 12.3. The average Bonchev–Trinajstić information content (AvgIpc) is 3.76. The minimum absolute atomic E-state index is 0.104. The zero-order valence-corrected chi connectivity index (χ0v) is 22.0. The van der Waals surface area contributed by atoms with Gasteiger partial charge in [0.15, 0.2) is 0 Å². The molecule has 1 aromatic carbocycles. The van der Waals surface area contributed by atoms with Crippen LogP contribution < -0.4 is 0 Å². The van der Waals surface area contributed by atoms with Gasteiger partial charge in [-0.15, -0.1) is 0 Å². The summed E-state index contributed by atoms with van der Waals surface area (Å²) in [5.74, 6) is 11.2. The van der Waals surface area contributed by atoms with Gasteiger partial charge in [-0.1, -0.05) is 42.5 Å². The fourth-order valence-electron chi connectivity index (χ4n) is 13.0. The molecule has 14 unspecified atom stereocenters. The van der Waals surface area contributed by atoms with Gasteiger partial charge in [0.2, 0.25) is 0 Å². The molecule has 10 rings (SSSR count). The molecule has 6 fully saturated rings. The summed E-state index contributed by atoms with van der Waals surface area (Å²) in [6.45, 7) is 0.643. The van der Waals surface area contributed by atoms with Crippen molar-refractivity contribution in [2.24, 2.45) is 76.9 Å². The highest BCUT2D eigenvalue weighted by atomic mass is 16.2. The van der Waals surface area contributed by atoms with Gasteiger partial charge in [0, 0.05) is 18.7 Å². The molecule has 194 valence electrons. The molecular weight excluding hydrogens is 466 g/mol. The molecule has 2 amide bonds. The first kappa shape index (κ1) is 21.4. The van der Waals surface area contributed by atoms with Gasteiger partial charge in [-0.05, 0) is 138 Å². The van der Waals surface area contributed by atoms with Crippen LogP contribution in [0.5, 0.6) is 0 Å². The highest BCUT2D eigenvalue weighted by molar-refractivity contribution is 6.12. The Morgan fingerprint density at radius 1 is 0.711 bits per heavy atom. The molecule has 6 saturated carbocycles. The van der Waals surface area contributed by atoms with Crippen molar-refractivity contribution in [2.75, 3.05) is 6.54 Å². The first-order chi connectivity index (χ1) is 18.6. The standard InChI is InChI=1S/C35H37NO2/c37-30-6-7-31(38)36(30)16-24-10-21-13-27(24)35-29-15-23(33(21)35)12-26(29)18-3-1-2-17(8-18)25-11-22-14-28(25)34-20-5-4-19(9-20)32(22)34/h1-8,12,19-25,27-29,32-35H,9-11,13-16H2. The Kier molecular flexibility index (Phi) is 4.06. The quantitative estimate of drug-likeness (QED) is 0.283. The van der Waals surface area contributed by atoms with Crippen molar-refractivity contribution >= 4 is 17.4 Å². The van der Waals surface area contributed by atoms with Crippen LogP contribution in [-0.2, 0) is 9.59 Å². The normalized spacial score (nSPS) is 51.7. The van der Waals surface area contributed by atoms with Gasteiger partial charge in [0.05, 0.1) is 0 Å². The van der Waals surface area contributed by atoms with E-state index in [2.05, 4.69) is 42.5 Å². The molecule has 1 aliphatic heterocycles. The van der Waals surface area contributed by atoms with E-state index < -0.39 is 0 Å². The minimum atomic E-state index is -0.104. The number of carbonyl (C=O) groups is 2. The largest absolute Gasteiger partial charge is 0.275 e. The van der Waals surface area contributed by atoms with E-state index in [1.807, 2.05) is 0 Å². The molecule has 0 N–H and O–H groups in total. The third-order valence-electron chi connectivity index (χ3n) is 13.8. The van der Waals surface area contributed by atoms with Gasteiger partial charge in [-0.2, -0.15) is 0 Å². The van der Waals surface area contributed by atoms with Crippen molar-refractivity contribution < 1.29 is 9.59 Å². The smallest absolute Gasteiger partial charge is 0.253 e. The number of carbonyl (C=O) groups excluding carboxylic acids is 2. The van der Waals surface area contributed by atoms with E-state index in [9.17, 15) is 9.59 Å². The highest BCUT2D eigenvalue weighted by Crippen LogP contribution is 2.71. The number of allylic oxidation sites excluding steroid dienone is 4. The van der Waals surface area contributed by atoms with Crippen LogP contribution >= 0.6 is 0 Å². The summed E-state index contributed by atoms with van der Waals surface area (Å²) in [7, 11) is 0. The molecule has 0 spiro atoms. The van der Waals surface area contributed by atoms with Crippen molar-refractivity contribution in [3.8, 4) is 0 Å². The van der Waals surface area contributed by atoms with Crippen LogP contribution in [0.4, 0.5) is 0 Å². The first-order valence-electron chi connectivity index (χ1n) is 15.7. The molecule has 0 radical (unpaired) electrons. The summed E-state index contributed by atoms with van der Waals surface area (Å²) in [4.78, 5) is 26.0. The summed E-state index contributed by atoms with van der Waals surface area (Å²) in [6, 6.07) is 9.83. The van der Waals surface area contributed by atoms with Crippen molar-refractivity contribution in [3.05, 3.63) is 65.8 Å². The maximum Gasteiger partial charge on any atom is 0.253 e. The van der Waals surface area contributed by atoms with Crippen LogP contribution in [0, 0.1) is 76.9 Å². The lowest BCUT2D eigenvalue weighted by molar-refractivity contribution is -0.138. The van der Waals surface area contributed by atoms with Crippen molar-refractivity contribution in [3.63, 3.8) is 0 Å². The Hall–Kier alpha value is -2.42. The molecular formula is C35H37NO2. The third-order valence-corrected chi connectivity index (χ3v) is 13.8. The number of amides is 2. The molecule has 3 nitrogen and oxygen atoms in total. The predicted octanol–water partition coefficient (Wildman–Crippen LogP) is 6.09. The lowest BCUT2D eigenvalue weighted by Gasteiger charge is -2.39. The highest BCUT2D eigenvalue weighted by Gasteiger charge is 2.63. The Morgan fingerprint density at radius 3 is 2.34 bits per heavy atom. The van der Waals surface area contributed by atoms with E-state index in [1.54, 1.807) is 11.1 Å². The second-order valence-electron chi connectivity index (χ2n) is 14.8. The van der Waals surface area contributed by atoms with Crippen LogP contribution in [0.2, 0.25) is 0 Å².